The number of nitrogens with one attached hydrogen (secondary N) is 1. The van der Waals surface area contributed by atoms with Crippen LogP contribution in [0.2, 0.25) is 0 Å². The summed E-state index contributed by atoms with van der Waals surface area (Å²) in [5.74, 6) is -1.09. The van der Waals surface area contributed by atoms with Crippen LogP contribution in [0.15, 0.2) is 16.6 Å². The Morgan fingerprint density at radius 1 is 1.33 bits per heavy atom. The van der Waals surface area contributed by atoms with Gasteiger partial charge in [0, 0.05) is 23.9 Å². The minimum atomic E-state index is -0.637. The van der Waals surface area contributed by atoms with Crippen molar-refractivity contribution in [1.82, 2.24) is 5.32 Å². The van der Waals surface area contributed by atoms with Gasteiger partial charge >= 0.3 is 0 Å². The Labute approximate surface area is 132 Å². The van der Waals surface area contributed by atoms with Crippen LogP contribution in [0.25, 0.3) is 0 Å². The topological polar surface area (TPSA) is 21.3 Å². The zero-order valence-electron chi connectivity index (χ0n) is 12.1. The molecule has 1 aromatic rings. The second-order valence-corrected chi connectivity index (χ2v) is 6.95. The third-order valence-electron chi connectivity index (χ3n) is 4.99. The molecule has 116 valence electrons. The van der Waals surface area contributed by atoms with Crippen molar-refractivity contribution in [1.29, 1.82) is 0 Å². The van der Waals surface area contributed by atoms with E-state index in [-0.39, 0.29) is 17.3 Å². The molecule has 2 aliphatic carbocycles. The van der Waals surface area contributed by atoms with Gasteiger partial charge in [0.25, 0.3) is 0 Å². The highest BCUT2D eigenvalue weighted by Crippen LogP contribution is 2.55. The molecule has 2 unspecified atom stereocenters. The van der Waals surface area contributed by atoms with Gasteiger partial charge in [-0.15, -0.1) is 0 Å². The van der Waals surface area contributed by atoms with Gasteiger partial charge in [-0.3, -0.25) is 0 Å². The number of halogens is 3. The SMILES string of the molecule is CCNC1CC(Oc2c(F)cc(F)cc2Br)C12CCCC2. The molecule has 2 atom stereocenters. The van der Waals surface area contributed by atoms with Crippen molar-refractivity contribution in [3.63, 3.8) is 0 Å². The third-order valence-corrected chi connectivity index (χ3v) is 5.58. The van der Waals surface area contributed by atoms with E-state index < -0.39 is 11.6 Å². The monoisotopic (exact) mass is 359 g/mol. The average Bonchev–Trinajstić information content (AvgIpc) is 2.92. The van der Waals surface area contributed by atoms with Gasteiger partial charge in [0.05, 0.1) is 4.47 Å². The molecule has 5 heteroatoms. The van der Waals surface area contributed by atoms with Gasteiger partial charge in [0.1, 0.15) is 11.9 Å². The van der Waals surface area contributed by atoms with Crippen molar-refractivity contribution >= 4 is 15.9 Å². The van der Waals surface area contributed by atoms with E-state index >= 15 is 0 Å². The summed E-state index contributed by atoms with van der Waals surface area (Å²) in [6.45, 7) is 3.04. The van der Waals surface area contributed by atoms with Crippen LogP contribution in [0, 0.1) is 17.0 Å². The highest BCUT2D eigenvalue weighted by atomic mass is 79.9. The van der Waals surface area contributed by atoms with E-state index in [2.05, 4.69) is 28.2 Å². The maximum Gasteiger partial charge on any atom is 0.169 e. The van der Waals surface area contributed by atoms with E-state index in [9.17, 15) is 8.78 Å². The smallest absolute Gasteiger partial charge is 0.169 e. The van der Waals surface area contributed by atoms with Crippen molar-refractivity contribution in [2.75, 3.05) is 6.54 Å². The Bertz CT molecular complexity index is 508. The predicted molar refractivity (Wildman–Crippen MR) is 81.5 cm³/mol. The fraction of sp³-hybridized carbons (Fsp3) is 0.625. The molecule has 0 radical (unpaired) electrons. The predicted octanol–water partition coefficient (Wildman–Crippen LogP) is 4.42. The van der Waals surface area contributed by atoms with E-state index in [1.54, 1.807) is 0 Å². The lowest BCUT2D eigenvalue weighted by molar-refractivity contribution is -0.0774. The van der Waals surface area contributed by atoms with Crippen LogP contribution in [-0.2, 0) is 0 Å². The van der Waals surface area contributed by atoms with Gasteiger partial charge in [-0.05, 0) is 41.4 Å². The summed E-state index contributed by atoms with van der Waals surface area (Å²) in [6.07, 6.45) is 5.55. The summed E-state index contributed by atoms with van der Waals surface area (Å²) in [7, 11) is 0. The van der Waals surface area contributed by atoms with Gasteiger partial charge in [-0.2, -0.15) is 0 Å². The molecular formula is C16H20BrF2NO. The number of hydrogen-bond donors (Lipinski definition) is 1. The van der Waals surface area contributed by atoms with Crippen LogP contribution in [0.5, 0.6) is 5.75 Å². The molecule has 2 aliphatic rings. The molecular weight excluding hydrogens is 340 g/mol. The highest BCUT2D eigenvalue weighted by molar-refractivity contribution is 9.10. The minimum Gasteiger partial charge on any atom is -0.485 e. The van der Waals surface area contributed by atoms with Crippen molar-refractivity contribution in [3.05, 3.63) is 28.2 Å². The van der Waals surface area contributed by atoms with E-state index in [0.717, 1.165) is 31.9 Å². The van der Waals surface area contributed by atoms with Crippen LogP contribution >= 0.6 is 15.9 Å². The standard InChI is InChI=1S/C16H20BrF2NO/c1-2-20-13-9-14(16(13)5-3-4-6-16)21-15-11(17)7-10(18)8-12(15)19/h7-8,13-14,20H,2-6,9H2,1H3. The number of benzene rings is 1. The summed E-state index contributed by atoms with van der Waals surface area (Å²) in [4.78, 5) is 0. The third kappa shape index (κ3) is 2.59. The molecule has 2 nitrogen and oxygen atoms in total. The van der Waals surface area contributed by atoms with Crippen LogP contribution in [0.3, 0.4) is 0 Å². The maximum absolute atomic E-state index is 13.9. The molecule has 0 bridgehead atoms. The molecule has 0 saturated heterocycles. The highest BCUT2D eigenvalue weighted by Gasteiger charge is 2.57. The lowest BCUT2D eigenvalue weighted by Crippen LogP contribution is -2.63. The Balaban J connectivity index is 1.80. The van der Waals surface area contributed by atoms with Crippen LogP contribution in [0.1, 0.15) is 39.0 Å². The lowest BCUT2D eigenvalue weighted by Gasteiger charge is -2.54. The van der Waals surface area contributed by atoms with E-state index in [1.165, 1.54) is 18.9 Å². The first kappa shape index (κ1) is 15.2. The summed E-state index contributed by atoms with van der Waals surface area (Å²) in [5.41, 5.74) is 0.121. The van der Waals surface area contributed by atoms with Crippen molar-refractivity contribution in [2.24, 2.45) is 5.41 Å². The first-order chi connectivity index (χ1) is 10.1. The number of rotatable bonds is 4. The summed E-state index contributed by atoms with van der Waals surface area (Å²) in [5, 5.41) is 3.52. The first-order valence-electron chi connectivity index (χ1n) is 7.61. The minimum absolute atomic E-state index is 0.0142. The Morgan fingerprint density at radius 2 is 2.05 bits per heavy atom. The van der Waals surface area contributed by atoms with Gasteiger partial charge in [0.2, 0.25) is 0 Å². The zero-order chi connectivity index (χ0) is 15.0. The first-order valence-corrected chi connectivity index (χ1v) is 8.40. The van der Waals surface area contributed by atoms with Crippen LogP contribution < -0.4 is 10.1 Å². The van der Waals surface area contributed by atoms with E-state index in [4.69, 9.17) is 4.74 Å². The Hall–Kier alpha value is -0.680. The molecule has 2 fully saturated rings. The van der Waals surface area contributed by atoms with Gasteiger partial charge in [0.15, 0.2) is 11.6 Å². The normalized spacial score (nSPS) is 26.9. The van der Waals surface area contributed by atoms with E-state index in [0.29, 0.717) is 10.5 Å². The van der Waals surface area contributed by atoms with Crippen LogP contribution in [-0.4, -0.2) is 18.7 Å². The van der Waals surface area contributed by atoms with Crippen molar-refractivity contribution in [2.45, 2.75) is 51.2 Å². The molecule has 0 heterocycles. The fourth-order valence-electron chi connectivity index (χ4n) is 3.93. The quantitative estimate of drug-likeness (QED) is 0.859. The maximum atomic E-state index is 13.9. The molecule has 1 spiro atoms. The fourth-order valence-corrected chi connectivity index (χ4v) is 4.43. The van der Waals surface area contributed by atoms with E-state index in [1.807, 2.05) is 0 Å². The molecule has 3 rings (SSSR count). The van der Waals surface area contributed by atoms with Crippen LogP contribution in [0.4, 0.5) is 8.78 Å². The molecule has 0 aliphatic heterocycles. The lowest BCUT2D eigenvalue weighted by atomic mass is 9.60. The van der Waals surface area contributed by atoms with Crippen molar-refractivity contribution in [3.8, 4) is 5.75 Å². The summed E-state index contributed by atoms with van der Waals surface area (Å²) < 4.78 is 33.4. The van der Waals surface area contributed by atoms with Gasteiger partial charge < -0.3 is 10.1 Å². The summed E-state index contributed by atoms with van der Waals surface area (Å²) >= 11 is 3.20. The summed E-state index contributed by atoms with van der Waals surface area (Å²) in [6, 6.07) is 2.58. The molecule has 0 aromatic heterocycles. The molecule has 21 heavy (non-hydrogen) atoms. The van der Waals surface area contributed by atoms with Crippen molar-refractivity contribution < 1.29 is 13.5 Å². The average molecular weight is 360 g/mol. The van der Waals surface area contributed by atoms with Gasteiger partial charge in [-0.1, -0.05) is 19.8 Å². The molecule has 0 amide bonds. The Morgan fingerprint density at radius 3 is 2.67 bits per heavy atom. The number of ether oxygens (including phenoxy) is 1. The largest absolute Gasteiger partial charge is 0.485 e. The molecule has 1 aromatic carbocycles. The zero-order valence-corrected chi connectivity index (χ0v) is 13.7. The van der Waals surface area contributed by atoms with Gasteiger partial charge in [-0.25, -0.2) is 8.78 Å². The molecule has 1 N–H and O–H groups in total. The number of hydrogen-bond acceptors (Lipinski definition) is 2. The second kappa shape index (κ2) is 5.84. The Kier molecular flexibility index (Phi) is 4.23. The second-order valence-electron chi connectivity index (χ2n) is 6.09. The molecule has 2 saturated carbocycles.